The molecule has 0 aliphatic rings. The van der Waals surface area contributed by atoms with Crippen LogP contribution in [0, 0.1) is 6.92 Å². The number of nitrogens with one attached hydrogen (secondary N) is 1. The molecular weight excluding hydrogens is 332 g/mol. The molecule has 1 aromatic heterocycles. The van der Waals surface area contributed by atoms with Crippen molar-refractivity contribution in [2.75, 3.05) is 0 Å². The van der Waals surface area contributed by atoms with Crippen LogP contribution in [0.15, 0.2) is 79.0 Å². The highest BCUT2D eigenvalue weighted by Crippen LogP contribution is 2.32. The third-order valence-electron chi connectivity index (χ3n) is 4.75. The maximum atomic E-state index is 12.6. The molecule has 2 aromatic carbocycles. The summed E-state index contributed by atoms with van der Waals surface area (Å²) in [5.41, 5.74) is 3.80. The van der Waals surface area contributed by atoms with E-state index in [1.807, 2.05) is 18.2 Å². The fourth-order valence-corrected chi connectivity index (χ4v) is 3.34. The Kier molecular flexibility index (Phi) is 5.70. The van der Waals surface area contributed by atoms with E-state index < -0.39 is 0 Å². The molecule has 3 nitrogen and oxygen atoms in total. The molecule has 3 aromatic rings. The van der Waals surface area contributed by atoms with E-state index in [1.54, 1.807) is 12.3 Å². The third-order valence-corrected chi connectivity index (χ3v) is 4.75. The summed E-state index contributed by atoms with van der Waals surface area (Å²) >= 11 is 0. The molecule has 1 atom stereocenters. The van der Waals surface area contributed by atoms with Crippen molar-refractivity contribution in [1.82, 2.24) is 10.3 Å². The Morgan fingerprint density at radius 2 is 1.56 bits per heavy atom. The molecule has 0 saturated carbocycles. The van der Waals surface area contributed by atoms with Crippen molar-refractivity contribution in [2.24, 2.45) is 0 Å². The maximum Gasteiger partial charge on any atom is 0.270 e. The van der Waals surface area contributed by atoms with Gasteiger partial charge in [0, 0.05) is 17.7 Å². The van der Waals surface area contributed by atoms with Crippen molar-refractivity contribution in [3.63, 3.8) is 0 Å². The molecule has 138 valence electrons. The van der Waals surface area contributed by atoms with Crippen molar-refractivity contribution in [1.29, 1.82) is 0 Å². The number of aromatic nitrogens is 1. The van der Waals surface area contributed by atoms with E-state index in [0.717, 1.165) is 6.42 Å². The molecular formula is C24H26N2O. The van der Waals surface area contributed by atoms with Crippen LogP contribution in [0.4, 0.5) is 0 Å². The molecule has 0 spiro atoms. The molecule has 1 N–H and O–H groups in total. The Hall–Kier alpha value is -2.94. The van der Waals surface area contributed by atoms with Crippen molar-refractivity contribution in [2.45, 2.75) is 38.6 Å². The van der Waals surface area contributed by atoms with Crippen LogP contribution < -0.4 is 5.32 Å². The predicted molar refractivity (Wildman–Crippen MR) is 110 cm³/mol. The summed E-state index contributed by atoms with van der Waals surface area (Å²) < 4.78 is 0. The van der Waals surface area contributed by atoms with Gasteiger partial charge in [-0.1, -0.05) is 66.2 Å². The Morgan fingerprint density at radius 1 is 0.926 bits per heavy atom. The summed E-state index contributed by atoms with van der Waals surface area (Å²) in [7, 11) is 0. The number of nitrogens with zero attached hydrogens (tertiary/aromatic N) is 1. The Balaban J connectivity index is 1.84. The van der Waals surface area contributed by atoms with Crippen molar-refractivity contribution >= 4 is 5.91 Å². The summed E-state index contributed by atoms with van der Waals surface area (Å²) in [6.07, 6.45) is 2.43. The fraction of sp³-hybridized carbons (Fsp3) is 0.250. The van der Waals surface area contributed by atoms with E-state index in [4.69, 9.17) is 0 Å². The summed E-state index contributed by atoms with van der Waals surface area (Å²) in [6, 6.07) is 24.5. The van der Waals surface area contributed by atoms with E-state index in [1.165, 1.54) is 16.7 Å². The van der Waals surface area contributed by atoms with Crippen LogP contribution in [0.2, 0.25) is 0 Å². The first kappa shape index (κ1) is 18.8. The van der Waals surface area contributed by atoms with Gasteiger partial charge >= 0.3 is 0 Å². The van der Waals surface area contributed by atoms with Gasteiger partial charge in [0.05, 0.1) is 0 Å². The summed E-state index contributed by atoms with van der Waals surface area (Å²) in [4.78, 5) is 16.7. The molecule has 3 heteroatoms. The molecule has 0 aliphatic heterocycles. The van der Waals surface area contributed by atoms with Gasteiger partial charge < -0.3 is 5.32 Å². The summed E-state index contributed by atoms with van der Waals surface area (Å²) in [5.74, 6) is 0.0575. The smallest absolute Gasteiger partial charge is 0.270 e. The number of aryl methyl sites for hydroxylation is 1. The molecule has 3 rings (SSSR count). The first-order chi connectivity index (χ1) is 12.9. The molecule has 0 aliphatic carbocycles. The number of rotatable bonds is 6. The Bertz CT molecular complexity index is 871. The molecule has 0 radical (unpaired) electrons. The van der Waals surface area contributed by atoms with Gasteiger partial charge in [-0.3, -0.25) is 9.78 Å². The molecule has 1 heterocycles. The van der Waals surface area contributed by atoms with Crippen molar-refractivity contribution in [3.05, 3.63) is 101 Å². The number of hydrogen-bond acceptors (Lipinski definition) is 2. The lowest BCUT2D eigenvalue weighted by atomic mass is 9.81. The van der Waals surface area contributed by atoms with Crippen LogP contribution in [-0.2, 0) is 0 Å². The van der Waals surface area contributed by atoms with E-state index in [-0.39, 0.29) is 17.4 Å². The zero-order valence-corrected chi connectivity index (χ0v) is 16.1. The van der Waals surface area contributed by atoms with Gasteiger partial charge in [0.1, 0.15) is 5.69 Å². The second kappa shape index (κ2) is 8.17. The molecule has 0 fully saturated rings. The minimum Gasteiger partial charge on any atom is -0.346 e. The van der Waals surface area contributed by atoms with Crippen molar-refractivity contribution < 1.29 is 4.79 Å². The van der Waals surface area contributed by atoms with Gasteiger partial charge in [-0.15, -0.1) is 0 Å². The molecule has 27 heavy (non-hydrogen) atoms. The zero-order chi connectivity index (χ0) is 19.3. The van der Waals surface area contributed by atoms with E-state index in [9.17, 15) is 4.79 Å². The number of benzene rings is 2. The van der Waals surface area contributed by atoms with Crippen LogP contribution in [-0.4, -0.2) is 16.4 Å². The van der Waals surface area contributed by atoms with E-state index in [0.29, 0.717) is 5.69 Å². The quantitative estimate of drug-likeness (QED) is 0.664. The van der Waals surface area contributed by atoms with Gasteiger partial charge in [-0.05, 0) is 50.5 Å². The highest BCUT2D eigenvalue weighted by molar-refractivity contribution is 5.92. The molecule has 0 saturated heterocycles. The van der Waals surface area contributed by atoms with Gasteiger partial charge in [0.2, 0.25) is 0 Å². The van der Waals surface area contributed by atoms with Crippen LogP contribution in [0.5, 0.6) is 0 Å². The number of hydrogen-bond donors (Lipinski definition) is 1. The molecule has 0 bridgehead atoms. The van der Waals surface area contributed by atoms with E-state index >= 15 is 0 Å². The molecule has 1 amide bonds. The SMILES string of the molecule is Cc1ccc([C@@H](CC(C)(C)NC(=O)c2ccccn2)c2ccccc2)cc1. The lowest BCUT2D eigenvalue weighted by Crippen LogP contribution is -2.44. The summed E-state index contributed by atoms with van der Waals surface area (Å²) in [6.45, 7) is 6.23. The standard InChI is InChI=1S/C24H26N2O/c1-18-12-14-20(15-13-18)21(19-9-5-4-6-10-19)17-24(2,3)26-23(27)22-11-7-8-16-25-22/h4-16,21H,17H2,1-3H3,(H,26,27)/t21-/m0/s1. The van der Waals surface area contributed by atoms with Crippen molar-refractivity contribution in [3.8, 4) is 0 Å². The third kappa shape index (κ3) is 5.04. The van der Waals surface area contributed by atoms with E-state index in [2.05, 4.69) is 79.6 Å². The van der Waals surface area contributed by atoms with Gasteiger partial charge in [0.15, 0.2) is 0 Å². The zero-order valence-electron chi connectivity index (χ0n) is 16.1. The minimum atomic E-state index is -0.389. The average molecular weight is 358 g/mol. The van der Waals surface area contributed by atoms with Crippen LogP contribution in [0.25, 0.3) is 0 Å². The Labute approximate surface area is 161 Å². The number of amides is 1. The van der Waals surface area contributed by atoms with Crippen LogP contribution in [0.1, 0.15) is 53.4 Å². The van der Waals surface area contributed by atoms with Gasteiger partial charge in [-0.25, -0.2) is 0 Å². The highest BCUT2D eigenvalue weighted by Gasteiger charge is 2.27. The highest BCUT2D eigenvalue weighted by atomic mass is 16.2. The van der Waals surface area contributed by atoms with Crippen LogP contribution >= 0.6 is 0 Å². The second-order valence-electron chi connectivity index (χ2n) is 7.63. The van der Waals surface area contributed by atoms with Crippen LogP contribution in [0.3, 0.4) is 0 Å². The minimum absolute atomic E-state index is 0.142. The molecule has 0 unspecified atom stereocenters. The van der Waals surface area contributed by atoms with Gasteiger partial charge in [0.25, 0.3) is 5.91 Å². The Morgan fingerprint density at radius 3 is 2.19 bits per heavy atom. The number of carbonyl (C=O) groups excluding carboxylic acids is 1. The topological polar surface area (TPSA) is 42.0 Å². The predicted octanol–water partition coefficient (Wildman–Crippen LogP) is 5.12. The fourth-order valence-electron chi connectivity index (χ4n) is 3.34. The first-order valence-corrected chi connectivity index (χ1v) is 9.30. The largest absolute Gasteiger partial charge is 0.346 e. The normalized spacial score (nSPS) is 12.4. The van der Waals surface area contributed by atoms with Gasteiger partial charge in [-0.2, -0.15) is 0 Å². The maximum absolute atomic E-state index is 12.6. The lowest BCUT2D eigenvalue weighted by molar-refractivity contribution is 0.0902. The first-order valence-electron chi connectivity index (χ1n) is 9.30. The number of carbonyl (C=O) groups is 1. The second-order valence-corrected chi connectivity index (χ2v) is 7.63. The summed E-state index contributed by atoms with van der Waals surface area (Å²) in [5, 5.41) is 3.15. The lowest BCUT2D eigenvalue weighted by Gasteiger charge is -2.31. The monoisotopic (exact) mass is 358 g/mol. The average Bonchev–Trinajstić information content (AvgIpc) is 2.68. The number of pyridine rings is 1.